The highest BCUT2D eigenvalue weighted by Crippen LogP contribution is 2.26. The summed E-state index contributed by atoms with van der Waals surface area (Å²) >= 11 is 0. The van der Waals surface area contributed by atoms with Crippen LogP contribution in [0.3, 0.4) is 0 Å². The minimum Gasteiger partial charge on any atom is -0.396 e. The molecule has 0 saturated carbocycles. The van der Waals surface area contributed by atoms with E-state index in [1.165, 1.54) is 44.9 Å². The number of anilines is 1. The van der Waals surface area contributed by atoms with Crippen molar-refractivity contribution in [3.8, 4) is 0 Å². The first kappa shape index (κ1) is 18.6. The highest BCUT2D eigenvalue weighted by Gasteiger charge is 2.16. The van der Waals surface area contributed by atoms with Gasteiger partial charge in [-0.15, -0.1) is 0 Å². The van der Waals surface area contributed by atoms with Gasteiger partial charge in [-0.25, -0.2) is 15.0 Å². The lowest BCUT2D eigenvalue weighted by molar-refractivity contribution is 0.251. The molecule has 0 saturated heterocycles. The molecule has 0 bridgehead atoms. The highest BCUT2D eigenvalue weighted by atomic mass is 16.3. The lowest BCUT2D eigenvalue weighted by Crippen LogP contribution is -2.11. The molecule has 0 aromatic carbocycles. The van der Waals surface area contributed by atoms with Gasteiger partial charge >= 0.3 is 0 Å². The van der Waals surface area contributed by atoms with Gasteiger partial charge in [-0.2, -0.15) is 0 Å². The van der Waals surface area contributed by atoms with Crippen molar-refractivity contribution in [3.63, 3.8) is 0 Å². The molecule has 0 spiro atoms. The summed E-state index contributed by atoms with van der Waals surface area (Å²) in [4.78, 5) is 13.1. The number of nitrogens with one attached hydrogen (secondary N) is 1. The average Bonchev–Trinajstić information content (AvgIpc) is 3.04. The summed E-state index contributed by atoms with van der Waals surface area (Å²) in [7, 11) is 1.84. The molecule has 2 aromatic heterocycles. The summed E-state index contributed by atoms with van der Waals surface area (Å²) in [5, 5.41) is 12.5. The lowest BCUT2D eigenvalue weighted by atomic mass is 10.0. The second kappa shape index (κ2) is 10.2. The number of aliphatic hydroxyl groups is 1. The van der Waals surface area contributed by atoms with Crippen molar-refractivity contribution in [1.82, 2.24) is 19.5 Å². The fourth-order valence-electron chi connectivity index (χ4n) is 3.21. The van der Waals surface area contributed by atoms with Crippen LogP contribution in [-0.4, -0.2) is 38.3 Å². The fraction of sp³-hybridized carbons (Fsp3) is 0.722. The molecule has 2 aromatic rings. The van der Waals surface area contributed by atoms with Crippen molar-refractivity contribution in [2.24, 2.45) is 0 Å². The summed E-state index contributed by atoms with van der Waals surface area (Å²) < 4.78 is 2.10. The first-order valence-electron chi connectivity index (χ1n) is 9.28. The summed E-state index contributed by atoms with van der Waals surface area (Å²) in [6.45, 7) is 2.43. The van der Waals surface area contributed by atoms with E-state index in [1.54, 1.807) is 6.33 Å². The molecule has 0 radical (unpaired) electrons. The molecular weight excluding hydrogens is 302 g/mol. The van der Waals surface area contributed by atoms with Crippen LogP contribution >= 0.6 is 0 Å². The number of fused-ring (bicyclic) bond motifs is 1. The minimum atomic E-state index is 0.185. The van der Waals surface area contributed by atoms with Gasteiger partial charge in [0.05, 0.1) is 6.33 Å². The maximum atomic E-state index is 9.43. The van der Waals surface area contributed by atoms with Crippen LogP contribution in [0.4, 0.5) is 5.82 Å². The van der Waals surface area contributed by atoms with E-state index in [0.717, 1.165) is 29.8 Å². The third kappa shape index (κ3) is 4.90. The monoisotopic (exact) mass is 333 g/mol. The van der Waals surface area contributed by atoms with Crippen LogP contribution in [0.2, 0.25) is 0 Å². The van der Waals surface area contributed by atoms with Crippen LogP contribution in [0.1, 0.15) is 70.8 Å². The van der Waals surface area contributed by atoms with Crippen LogP contribution in [0.5, 0.6) is 0 Å². The van der Waals surface area contributed by atoms with Crippen molar-refractivity contribution in [3.05, 3.63) is 12.7 Å². The Morgan fingerprint density at radius 3 is 2.50 bits per heavy atom. The Morgan fingerprint density at radius 2 is 1.79 bits per heavy atom. The zero-order chi connectivity index (χ0) is 17.2. The number of rotatable bonds is 12. The van der Waals surface area contributed by atoms with E-state index >= 15 is 0 Å². The van der Waals surface area contributed by atoms with E-state index in [4.69, 9.17) is 0 Å². The zero-order valence-corrected chi connectivity index (χ0v) is 15.0. The summed E-state index contributed by atoms with van der Waals surface area (Å²) in [5.74, 6) is 0.748. The van der Waals surface area contributed by atoms with Gasteiger partial charge < -0.3 is 15.0 Å². The predicted octanol–water partition coefficient (Wildman–Crippen LogP) is 3.93. The van der Waals surface area contributed by atoms with Gasteiger partial charge in [0.1, 0.15) is 11.8 Å². The molecule has 1 atom stereocenters. The van der Waals surface area contributed by atoms with Crippen LogP contribution in [-0.2, 0) is 0 Å². The maximum absolute atomic E-state index is 9.43. The van der Waals surface area contributed by atoms with Crippen molar-refractivity contribution in [2.45, 2.75) is 70.8 Å². The predicted molar refractivity (Wildman–Crippen MR) is 98.2 cm³/mol. The summed E-state index contributed by atoms with van der Waals surface area (Å²) in [5.41, 5.74) is 1.64. The van der Waals surface area contributed by atoms with Gasteiger partial charge in [0, 0.05) is 19.7 Å². The van der Waals surface area contributed by atoms with Gasteiger partial charge in [0.25, 0.3) is 0 Å². The van der Waals surface area contributed by atoms with Crippen LogP contribution in [0, 0.1) is 0 Å². The van der Waals surface area contributed by atoms with Crippen LogP contribution in [0.25, 0.3) is 11.2 Å². The second-order valence-corrected chi connectivity index (χ2v) is 6.37. The molecule has 134 valence electrons. The van der Waals surface area contributed by atoms with E-state index < -0.39 is 0 Å². The smallest absolute Gasteiger partial charge is 0.165 e. The topological polar surface area (TPSA) is 75.9 Å². The standard InChI is InChI=1S/C18H31N5O/c1-3-4-5-6-7-8-9-10-15(11-12-24)23-14-22-16-17(19-2)20-13-21-18(16)23/h13-15,24H,3-12H2,1-2H3,(H,19,20,21). The highest BCUT2D eigenvalue weighted by molar-refractivity contribution is 5.82. The average molecular weight is 333 g/mol. The number of aliphatic hydroxyl groups excluding tert-OH is 1. The first-order chi connectivity index (χ1) is 11.8. The Bertz CT molecular complexity index is 598. The van der Waals surface area contributed by atoms with E-state index in [-0.39, 0.29) is 12.6 Å². The van der Waals surface area contributed by atoms with Gasteiger partial charge in [-0.1, -0.05) is 51.9 Å². The number of aromatic nitrogens is 4. The number of hydrogen-bond acceptors (Lipinski definition) is 5. The first-order valence-corrected chi connectivity index (χ1v) is 9.28. The van der Waals surface area contributed by atoms with Gasteiger partial charge in [0.2, 0.25) is 0 Å². The molecule has 0 aliphatic heterocycles. The Morgan fingerprint density at radius 1 is 1.04 bits per heavy atom. The molecule has 2 heterocycles. The number of unbranched alkanes of at least 4 members (excludes halogenated alkanes) is 6. The van der Waals surface area contributed by atoms with Crippen molar-refractivity contribution < 1.29 is 5.11 Å². The van der Waals surface area contributed by atoms with Gasteiger partial charge in [-0.05, 0) is 12.8 Å². The largest absolute Gasteiger partial charge is 0.396 e. The molecule has 0 fully saturated rings. The molecule has 2 rings (SSSR count). The van der Waals surface area contributed by atoms with Gasteiger partial charge in [0.15, 0.2) is 11.5 Å². The zero-order valence-electron chi connectivity index (χ0n) is 15.0. The molecule has 6 heteroatoms. The number of nitrogens with zero attached hydrogens (tertiary/aromatic N) is 4. The molecule has 1 unspecified atom stereocenters. The summed E-state index contributed by atoms with van der Waals surface area (Å²) in [6.07, 6.45) is 14.3. The Kier molecular flexibility index (Phi) is 7.95. The molecule has 6 nitrogen and oxygen atoms in total. The fourth-order valence-corrected chi connectivity index (χ4v) is 3.21. The molecule has 0 aliphatic rings. The van der Waals surface area contributed by atoms with Gasteiger partial charge in [-0.3, -0.25) is 0 Å². The Balaban J connectivity index is 1.95. The quantitative estimate of drug-likeness (QED) is 0.576. The number of hydrogen-bond donors (Lipinski definition) is 2. The Labute approximate surface area is 144 Å². The molecule has 24 heavy (non-hydrogen) atoms. The number of imidazole rings is 1. The molecule has 0 aliphatic carbocycles. The third-order valence-electron chi connectivity index (χ3n) is 4.59. The van der Waals surface area contributed by atoms with Crippen molar-refractivity contribution in [1.29, 1.82) is 0 Å². The van der Waals surface area contributed by atoms with Crippen molar-refractivity contribution in [2.75, 3.05) is 19.0 Å². The lowest BCUT2D eigenvalue weighted by Gasteiger charge is -2.18. The molecule has 2 N–H and O–H groups in total. The minimum absolute atomic E-state index is 0.185. The van der Waals surface area contributed by atoms with Crippen molar-refractivity contribution >= 4 is 17.0 Å². The SMILES string of the molecule is CCCCCCCCCC(CCO)n1cnc2c(NC)ncnc21. The molecular formula is C18H31N5O. The normalized spacial score (nSPS) is 12.6. The van der Waals surface area contributed by atoms with Crippen LogP contribution < -0.4 is 5.32 Å². The van der Waals surface area contributed by atoms with E-state index in [2.05, 4.69) is 31.8 Å². The van der Waals surface area contributed by atoms with Crippen LogP contribution in [0.15, 0.2) is 12.7 Å². The maximum Gasteiger partial charge on any atom is 0.165 e. The Hall–Kier alpha value is -1.69. The van der Waals surface area contributed by atoms with E-state index in [9.17, 15) is 5.11 Å². The third-order valence-corrected chi connectivity index (χ3v) is 4.59. The molecule has 0 amide bonds. The second-order valence-electron chi connectivity index (χ2n) is 6.37. The van der Waals surface area contributed by atoms with E-state index in [1.807, 2.05) is 13.4 Å². The summed E-state index contributed by atoms with van der Waals surface area (Å²) in [6, 6.07) is 0.246. The van der Waals surface area contributed by atoms with E-state index in [0.29, 0.717) is 0 Å².